The van der Waals surface area contributed by atoms with Crippen molar-refractivity contribution in [3.05, 3.63) is 29.3 Å². The van der Waals surface area contributed by atoms with E-state index in [4.69, 9.17) is 17.3 Å². The Kier molecular flexibility index (Phi) is 3.75. The SMILES string of the molecule is Cc1cc(N)ccc1C(O)C(O)CCl. The summed E-state index contributed by atoms with van der Waals surface area (Å²) < 4.78 is 0. The fourth-order valence-electron chi connectivity index (χ4n) is 1.32. The number of nitrogens with two attached hydrogens (primary N) is 1. The Balaban J connectivity index is 2.95. The zero-order chi connectivity index (χ0) is 10.7. The van der Waals surface area contributed by atoms with Crippen molar-refractivity contribution in [2.45, 2.75) is 19.1 Å². The molecule has 3 nitrogen and oxygen atoms in total. The number of alkyl halides is 1. The number of anilines is 1. The molecule has 0 aromatic heterocycles. The molecule has 2 atom stereocenters. The number of nitrogen functional groups attached to an aromatic ring is 1. The summed E-state index contributed by atoms with van der Waals surface area (Å²) in [6.07, 6.45) is -1.90. The third-order valence-electron chi connectivity index (χ3n) is 2.14. The number of aliphatic hydroxyl groups excluding tert-OH is 2. The highest BCUT2D eigenvalue weighted by Gasteiger charge is 2.18. The van der Waals surface area contributed by atoms with Gasteiger partial charge in [-0.15, -0.1) is 11.6 Å². The first-order valence-electron chi connectivity index (χ1n) is 4.34. The first kappa shape index (κ1) is 11.3. The molecular formula is C10H14ClNO2. The largest absolute Gasteiger partial charge is 0.399 e. The van der Waals surface area contributed by atoms with E-state index in [9.17, 15) is 10.2 Å². The number of benzene rings is 1. The van der Waals surface area contributed by atoms with Crippen LogP contribution in [0.5, 0.6) is 0 Å². The van der Waals surface area contributed by atoms with Gasteiger partial charge in [0.15, 0.2) is 0 Å². The maximum atomic E-state index is 9.69. The molecule has 1 aromatic rings. The number of rotatable bonds is 3. The lowest BCUT2D eigenvalue weighted by Crippen LogP contribution is -2.20. The molecule has 0 bridgehead atoms. The van der Waals surface area contributed by atoms with Crippen molar-refractivity contribution in [3.63, 3.8) is 0 Å². The minimum atomic E-state index is -0.951. The Morgan fingerprint density at radius 2 is 2.07 bits per heavy atom. The second-order valence-corrected chi connectivity index (χ2v) is 3.59. The maximum absolute atomic E-state index is 9.69. The fraction of sp³-hybridized carbons (Fsp3) is 0.400. The van der Waals surface area contributed by atoms with E-state index in [0.717, 1.165) is 5.56 Å². The molecule has 0 heterocycles. The van der Waals surface area contributed by atoms with E-state index in [2.05, 4.69) is 0 Å². The summed E-state index contributed by atoms with van der Waals surface area (Å²) in [6.45, 7) is 1.83. The first-order valence-corrected chi connectivity index (χ1v) is 4.88. The lowest BCUT2D eigenvalue weighted by atomic mass is 10.00. The summed E-state index contributed by atoms with van der Waals surface area (Å²) in [5.41, 5.74) is 7.71. The molecule has 0 spiro atoms. The van der Waals surface area contributed by atoms with E-state index in [1.807, 2.05) is 6.92 Å². The van der Waals surface area contributed by atoms with E-state index in [0.29, 0.717) is 11.3 Å². The summed E-state index contributed by atoms with van der Waals surface area (Å²) in [5.74, 6) is 0.00494. The average Bonchev–Trinajstić information content (AvgIpc) is 2.15. The maximum Gasteiger partial charge on any atom is 0.106 e. The van der Waals surface area contributed by atoms with Gasteiger partial charge in [-0.2, -0.15) is 0 Å². The molecule has 4 N–H and O–H groups in total. The molecule has 1 rings (SSSR count). The first-order chi connectivity index (χ1) is 6.56. The van der Waals surface area contributed by atoms with Gasteiger partial charge in [0.05, 0.1) is 12.0 Å². The highest BCUT2D eigenvalue weighted by Crippen LogP contribution is 2.23. The second kappa shape index (κ2) is 4.64. The van der Waals surface area contributed by atoms with Crippen LogP contribution >= 0.6 is 11.6 Å². The van der Waals surface area contributed by atoms with Crippen molar-refractivity contribution in [2.75, 3.05) is 11.6 Å². The Morgan fingerprint density at radius 3 is 2.57 bits per heavy atom. The predicted molar refractivity (Wildman–Crippen MR) is 57.3 cm³/mol. The van der Waals surface area contributed by atoms with Gasteiger partial charge in [0, 0.05) is 5.69 Å². The van der Waals surface area contributed by atoms with E-state index in [1.54, 1.807) is 18.2 Å². The van der Waals surface area contributed by atoms with Crippen LogP contribution in [-0.4, -0.2) is 22.2 Å². The van der Waals surface area contributed by atoms with Crippen LogP contribution in [0.2, 0.25) is 0 Å². The van der Waals surface area contributed by atoms with Crippen LogP contribution in [0.3, 0.4) is 0 Å². The summed E-state index contributed by atoms with van der Waals surface area (Å²) in [5, 5.41) is 19.0. The number of hydrogen-bond acceptors (Lipinski definition) is 3. The van der Waals surface area contributed by atoms with Gasteiger partial charge in [-0.25, -0.2) is 0 Å². The predicted octanol–water partition coefficient (Wildman–Crippen LogP) is 1.21. The summed E-state index contributed by atoms with van der Waals surface area (Å²) in [4.78, 5) is 0. The van der Waals surface area contributed by atoms with E-state index < -0.39 is 12.2 Å². The van der Waals surface area contributed by atoms with Gasteiger partial charge in [0.1, 0.15) is 6.10 Å². The van der Waals surface area contributed by atoms with Gasteiger partial charge >= 0.3 is 0 Å². The molecule has 0 amide bonds. The lowest BCUT2D eigenvalue weighted by Gasteiger charge is -2.17. The Morgan fingerprint density at radius 1 is 1.43 bits per heavy atom. The Bertz CT molecular complexity index is 317. The number of halogens is 1. The van der Waals surface area contributed by atoms with Crippen LogP contribution in [0.1, 0.15) is 17.2 Å². The van der Waals surface area contributed by atoms with E-state index >= 15 is 0 Å². The molecule has 14 heavy (non-hydrogen) atoms. The lowest BCUT2D eigenvalue weighted by molar-refractivity contribution is 0.0323. The smallest absolute Gasteiger partial charge is 0.106 e. The molecule has 0 radical (unpaired) electrons. The minimum Gasteiger partial charge on any atom is -0.399 e. The molecular weight excluding hydrogens is 202 g/mol. The molecule has 0 aliphatic heterocycles. The van der Waals surface area contributed by atoms with Crippen molar-refractivity contribution >= 4 is 17.3 Å². The van der Waals surface area contributed by atoms with Gasteiger partial charge in [-0.05, 0) is 30.2 Å². The van der Waals surface area contributed by atoms with Gasteiger partial charge in [-0.3, -0.25) is 0 Å². The fourth-order valence-corrected chi connectivity index (χ4v) is 1.49. The third kappa shape index (κ3) is 2.38. The van der Waals surface area contributed by atoms with Crippen LogP contribution in [0, 0.1) is 6.92 Å². The van der Waals surface area contributed by atoms with Crippen LogP contribution in [-0.2, 0) is 0 Å². The van der Waals surface area contributed by atoms with E-state index in [-0.39, 0.29) is 5.88 Å². The molecule has 0 aliphatic carbocycles. The number of aliphatic hydroxyl groups is 2. The van der Waals surface area contributed by atoms with Crippen molar-refractivity contribution in [1.82, 2.24) is 0 Å². The Hall–Kier alpha value is -0.770. The van der Waals surface area contributed by atoms with E-state index in [1.165, 1.54) is 0 Å². The van der Waals surface area contributed by atoms with Crippen molar-refractivity contribution < 1.29 is 10.2 Å². The zero-order valence-corrected chi connectivity index (χ0v) is 8.70. The second-order valence-electron chi connectivity index (χ2n) is 3.28. The Labute approximate surface area is 88.1 Å². The molecule has 1 aromatic carbocycles. The highest BCUT2D eigenvalue weighted by atomic mass is 35.5. The topological polar surface area (TPSA) is 66.5 Å². The van der Waals surface area contributed by atoms with Gasteiger partial charge in [-0.1, -0.05) is 6.07 Å². The molecule has 0 fully saturated rings. The van der Waals surface area contributed by atoms with Gasteiger partial charge < -0.3 is 15.9 Å². The number of hydrogen-bond donors (Lipinski definition) is 3. The van der Waals surface area contributed by atoms with Crippen molar-refractivity contribution in [2.24, 2.45) is 0 Å². The van der Waals surface area contributed by atoms with Crippen LogP contribution in [0.4, 0.5) is 5.69 Å². The van der Waals surface area contributed by atoms with Crippen LogP contribution in [0.15, 0.2) is 18.2 Å². The molecule has 0 aliphatic rings. The van der Waals surface area contributed by atoms with Crippen LogP contribution in [0.25, 0.3) is 0 Å². The van der Waals surface area contributed by atoms with Crippen molar-refractivity contribution in [1.29, 1.82) is 0 Å². The summed E-state index contributed by atoms with van der Waals surface area (Å²) in [7, 11) is 0. The molecule has 78 valence electrons. The standard InChI is InChI=1S/C10H14ClNO2/c1-6-4-7(12)2-3-8(6)10(14)9(13)5-11/h2-4,9-10,13-14H,5,12H2,1H3. The third-order valence-corrected chi connectivity index (χ3v) is 2.45. The number of aryl methyl sites for hydroxylation is 1. The minimum absolute atomic E-state index is 0.00494. The van der Waals surface area contributed by atoms with Gasteiger partial charge in [0.25, 0.3) is 0 Å². The van der Waals surface area contributed by atoms with Crippen molar-refractivity contribution in [3.8, 4) is 0 Å². The monoisotopic (exact) mass is 215 g/mol. The zero-order valence-electron chi connectivity index (χ0n) is 7.94. The highest BCUT2D eigenvalue weighted by molar-refractivity contribution is 6.18. The molecule has 0 saturated heterocycles. The molecule has 4 heteroatoms. The molecule has 0 saturated carbocycles. The summed E-state index contributed by atoms with van der Waals surface area (Å²) >= 11 is 5.45. The normalized spacial score (nSPS) is 15.1. The molecule has 2 unspecified atom stereocenters. The summed E-state index contributed by atoms with van der Waals surface area (Å²) in [6, 6.07) is 5.14. The quantitative estimate of drug-likeness (QED) is 0.525. The van der Waals surface area contributed by atoms with Gasteiger partial charge in [0.2, 0.25) is 0 Å². The van der Waals surface area contributed by atoms with Crippen LogP contribution < -0.4 is 5.73 Å². The average molecular weight is 216 g/mol.